The summed E-state index contributed by atoms with van der Waals surface area (Å²) in [5.74, 6) is 1.55. The second-order valence-corrected chi connectivity index (χ2v) is 30.4. The third-order valence-corrected chi connectivity index (χ3v) is 17.6. The van der Waals surface area contributed by atoms with Crippen molar-refractivity contribution in [2.45, 2.75) is 111 Å². The molecule has 0 N–H and O–H groups in total. The number of hydrogen-bond donors (Lipinski definition) is 0. The smallest absolute Gasteiger partial charge is 0.375 e. The first-order valence-corrected chi connectivity index (χ1v) is 36.5. The van der Waals surface area contributed by atoms with E-state index in [-0.39, 0.29) is 128 Å². The van der Waals surface area contributed by atoms with Crippen LogP contribution in [-0.4, -0.2) is 78.3 Å². The summed E-state index contributed by atoms with van der Waals surface area (Å²) in [7, 11) is 0. The van der Waals surface area contributed by atoms with Crippen LogP contribution < -0.4 is 0 Å². The minimum atomic E-state index is -4.34. The molecule has 0 spiro atoms. The number of hydrogen-bond acceptors (Lipinski definition) is 12. The van der Waals surface area contributed by atoms with Crippen LogP contribution in [0.5, 0.6) is 0 Å². The van der Waals surface area contributed by atoms with Crippen LogP contribution in [0.4, 0.5) is 22.0 Å². The van der Waals surface area contributed by atoms with Crippen molar-refractivity contribution < 1.29 is 122 Å². The summed E-state index contributed by atoms with van der Waals surface area (Å²) >= 11 is 1.65. The number of fused-ring (bicyclic) bond motifs is 3. The van der Waals surface area contributed by atoms with Crippen LogP contribution in [0.3, 0.4) is 0 Å². The van der Waals surface area contributed by atoms with Crippen molar-refractivity contribution in [2.24, 2.45) is 0 Å². The van der Waals surface area contributed by atoms with Crippen molar-refractivity contribution in [1.82, 2.24) is 78.3 Å². The van der Waals surface area contributed by atoms with Crippen molar-refractivity contribution in [1.29, 1.82) is 0 Å². The van der Waals surface area contributed by atoms with Crippen LogP contribution >= 0.6 is 11.3 Å². The van der Waals surface area contributed by atoms with E-state index in [9.17, 15) is 22.0 Å². The SMILES string of the molecule is CC(C)(C)c1c[c-]n(-c2cc3ccccc3cn2)n1.CC(C)(C)c1c[c-]n(-c2ccccn2)n1.CC(C)(C)c1c[c-]n(-c2nccc3ccccc23)n1.CC(C)(C)c1cn(-c2nc3ccccc3s2)[c-]n1.FC(F)(F)c1c[c-]n(-c2ccccn2)c1.Fc1c[c-]c(-c2ccccn2)c(F)c1.[Ir].[Ir].[Ir].[Ir].[Ir].[c-]1ccccc1-c1ccccn1. The zero-order chi connectivity index (χ0) is 79.6. The number of aromatic nitrogens is 16. The normalized spacial score (nSPS) is 10.9. The van der Waals surface area contributed by atoms with Gasteiger partial charge in [0.15, 0.2) is 0 Å². The number of imidazole rings is 1. The Hall–Kier alpha value is -9.57. The summed E-state index contributed by atoms with van der Waals surface area (Å²) in [6.45, 7) is 25.7. The van der Waals surface area contributed by atoms with Crippen molar-refractivity contribution in [3.63, 3.8) is 0 Å². The molecule has 0 fully saturated rings. The van der Waals surface area contributed by atoms with Gasteiger partial charge in [0.05, 0.1) is 28.8 Å². The van der Waals surface area contributed by atoms with Gasteiger partial charge in [-0.05, 0) is 120 Å². The Bertz CT molecular complexity index is 5650. The molecule has 17 rings (SSSR count). The van der Waals surface area contributed by atoms with Gasteiger partial charge in [-0.1, -0.05) is 247 Å². The molecule has 0 aliphatic rings. The van der Waals surface area contributed by atoms with Gasteiger partial charge in [-0.2, -0.15) is 13.2 Å². The van der Waals surface area contributed by atoms with Gasteiger partial charge in [-0.3, -0.25) is 34.0 Å². The van der Waals surface area contributed by atoms with Crippen molar-refractivity contribution in [3.05, 3.63) is 351 Å². The molecule has 12 aromatic heterocycles. The molecule has 5 aromatic carbocycles. The molecular weight excluding hydrogens is 2390 g/mol. The standard InChI is InChI=1S/2C16H16N3.C14H14N3S.C12H14N3.C11H6F2N.C11H8N.C10H6F3N2.5Ir/c1-16(2,3)14-9-11-19(18-14)15-13-7-5-4-6-12(13)8-10-17-15;1-16(2,3)14-8-9-19(18-14)15-10-12-6-4-5-7-13(12)11-17-15;1-14(2,3)12-8-17(9-15-12)13-16-10-6-4-5-7-11(10)18-13;1-12(2,3)10-7-9-15(14-10)11-6-4-5-8-13-11;12-8-4-5-9(10(13)7-8)11-3-1-2-6-14-11;1-2-6-10(7-3-1)11-8-4-5-9-12-11;11-10(12,13)8-4-6-15(7-8)9-3-1-2-5-14-9;;;;;/h4-10H,1-3H3;4-8,10-11H,1-3H3;4-8H,1-3H3;4-8H,1-3H3;1-4,6-7H;1-6,8-9H;1-5,7H;;;;;/q7*-1;;;;;. The van der Waals surface area contributed by atoms with Gasteiger partial charge >= 0.3 is 6.18 Å². The molecule has 27 heteroatoms. The molecule has 0 aliphatic heterocycles. The molecule has 613 valence electrons. The number of pyridine rings is 6. The Balaban J connectivity index is 0.000000212. The summed E-state index contributed by atoms with van der Waals surface area (Å²) < 4.78 is 72.0. The van der Waals surface area contributed by atoms with Crippen LogP contribution in [0, 0.1) is 54.9 Å². The largest absolute Gasteiger partial charge is 0.435 e. The van der Waals surface area contributed by atoms with Gasteiger partial charge in [0.2, 0.25) is 0 Å². The van der Waals surface area contributed by atoms with Crippen LogP contribution in [-0.2, 0) is 128 Å². The van der Waals surface area contributed by atoms with Crippen LogP contribution in [0.1, 0.15) is 111 Å². The fraction of sp³-hybridized carbons (Fsp3) is 0.189. The van der Waals surface area contributed by atoms with E-state index < -0.39 is 23.4 Å². The Kier molecular flexibility index (Phi) is 36.0. The van der Waals surface area contributed by atoms with E-state index in [1.807, 2.05) is 157 Å². The number of thiazole rings is 1. The van der Waals surface area contributed by atoms with Gasteiger partial charge in [-0.15, -0.1) is 89.8 Å². The third kappa shape index (κ3) is 27.2. The topological polar surface area (TPSA) is 166 Å². The summed E-state index contributed by atoms with van der Waals surface area (Å²) in [6.07, 6.45) is 23.8. The zero-order valence-electron chi connectivity index (χ0n) is 65.5. The van der Waals surface area contributed by atoms with E-state index in [4.69, 9.17) is 0 Å². The number of benzene rings is 5. The molecular formula is C90H80F5Ir5N16S-7. The molecule has 0 amide bonds. The van der Waals surface area contributed by atoms with E-state index in [1.165, 1.54) is 15.5 Å². The van der Waals surface area contributed by atoms with E-state index in [1.54, 1.807) is 80.4 Å². The minimum absolute atomic E-state index is 0. The van der Waals surface area contributed by atoms with Crippen molar-refractivity contribution in [2.75, 3.05) is 0 Å². The maximum Gasteiger partial charge on any atom is 0.375 e. The van der Waals surface area contributed by atoms with E-state index >= 15 is 0 Å². The summed E-state index contributed by atoms with van der Waals surface area (Å²) in [5.41, 5.74) is 7.16. The van der Waals surface area contributed by atoms with Crippen molar-refractivity contribution in [3.8, 4) is 50.9 Å². The predicted molar refractivity (Wildman–Crippen MR) is 430 cm³/mol. The first-order valence-electron chi connectivity index (χ1n) is 35.7. The van der Waals surface area contributed by atoms with Crippen LogP contribution in [0.2, 0.25) is 0 Å². The molecule has 0 atom stereocenters. The molecule has 0 saturated carbocycles. The van der Waals surface area contributed by atoms with Crippen LogP contribution in [0.15, 0.2) is 268 Å². The molecule has 5 radical (unpaired) electrons. The van der Waals surface area contributed by atoms with Gasteiger partial charge in [-0.25, -0.2) is 0 Å². The fourth-order valence-corrected chi connectivity index (χ4v) is 11.2. The van der Waals surface area contributed by atoms with Gasteiger partial charge in [0.1, 0.15) is 5.13 Å². The zero-order valence-corrected chi connectivity index (χ0v) is 78.3. The summed E-state index contributed by atoms with van der Waals surface area (Å²) in [6, 6.07) is 72.3. The third-order valence-electron chi connectivity index (χ3n) is 16.5. The quantitative estimate of drug-likeness (QED) is 0.110. The molecule has 16 nitrogen and oxygen atoms in total. The van der Waals surface area contributed by atoms with Gasteiger partial charge in [0.25, 0.3) is 0 Å². The molecule has 0 bridgehead atoms. The number of para-hydroxylation sites is 1. The van der Waals surface area contributed by atoms with Crippen LogP contribution in [0.25, 0.3) is 82.7 Å². The predicted octanol–water partition coefficient (Wildman–Crippen LogP) is 21.0. The van der Waals surface area contributed by atoms with Gasteiger partial charge in [0, 0.05) is 160 Å². The number of nitrogens with zero attached hydrogens (tertiary/aromatic N) is 16. The number of halogens is 5. The average molecular weight is 2470 g/mol. The maximum atomic E-state index is 13.2. The Morgan fingerprint density at radius 3 is 1.45 bits per heavy atom. The Morgan fingerprint density at radius 2 is 0.923 bits per heavy atom. The molecule has 117 heavy (non-hydrogen) atoms. The number of alkyl halides is 3. The summed E-state index contributed by atoms with van der Waals surface area (Å²) in [4.78, 5) is 34.1. The number of rotatable bonds is 7. The molecule has 0 saturated heterocycles. The Morgan fingerprint density at radius 1 is 0.402 bits per heavy atom. The van der Waals surface area contributed by atoms with E-state index in [0.717, 1.165) is 108 Å². The average Bonchev–Trinajstić information content (AvgIpc) is 1.57. The van der Waals surface area contributed by atoms with E-state index in [0.29, 0.717) is 11.5 Å². The minimum Gasteiger partial charge on any atom is -0.435 e. The molecule has 0 unspecified atom stereocenters. The van der Waals surface area contributed by atoms with Crippen molar-refractivity contribution >= 4 is 43.1 Å². The summed E-state index contributed by atoms with van der Waals surface area (Å²) in [5, 5.41) is 19.1. The van der Waals surface area contributed by atoms with E-state index in [2.05, 4.69) is 212 Å². The first kappa shape index (κ1) is 96.3. The first-order chi connectivity index (χ1) is 53.5. The second kappa shape index (κ2) is 43.8. The van der Waals surface area contributed by atoms with Gasteiger partial charge < -0.3 is 53.1 Å². The molecule has 12 heterocycles. The maximum absolute atomic E-state index is 13.2. The fourth-order valence-electron chi connectivity index (χ4n) is 10.3. The monoisotopic (exact) mass is 2480 g/mol. The molecule has 0 aliphatic carbocycles. The Labute approximate surface area is 750 Å². The second-order valence-electron chi connectivity index (χ2n) is 29.4. The molecule has 17 aromatic rings.